The molecule has 0 aliphatic carbocycles. The fourth-order valence-corrected chi connectivity index (χ4v) is 3.76. The van der Waals surface area contributed by atoms with Crippen molar-refractivity contribution in [2.45, 2.75) is 10.6 Å². The minimum atomic E-state index is -3.28. The highest BCUT2D eigenvalue weighted by atomic mass is 32.2. The molecule has 0 unspecified atom stereocenters. The number of hydrogen-bond acceptors (Lipinski definition) is 8. The minimum Gasteiger partial charge on any atom is -0.469 e. The third kappa shape index (κ3) is 3.17. The van der Waals surface area contributed by atoms with Gasteiger partial charge in [-0.15, -0.1) is 22.7 Å². The molecule has 0 spiro atoms. The van der Waals surface area contributed by atoms with E-state index in [0.717, 1.165) is 17.6 Å². The molecular weight excluding hydrogens is 308 g/mol. The highest BCUT2D eigenvalue weighted by Gasteiger charge is 2.19. The van der Waals surface area contributed by atoms with E-state index in [1.807, 2.05) is 0 Å². The quantitative estimate of drug-likeness (QED) is 0.787. The zero-order valence-electron chi connectivity index (χ0n) is 10.0. The summed E-state index contributed by atoms with van der Waals surface area (Å²) in [6.45, 7) is 0. The van der Waals surface area contributed by atoms with Gasteiger partial charge in [-0.2, -0.15) is 0 Å². The zero-order chi connectivity index (χ0) is 14.0. The lowest BCUT2D eigenvalue weighted by Crippen LogP contribution is -2.03. The molecule has 101 valence electrons. The van der Waals surface area contributed by atoms with Crippen LogP contribution in [-0.2, 0) is 25.8 Å². The normalized spacial score (nSPS) is 11.5. The third-order valence-corrected chi connectivity index (χ3v) is 5.74. The average molecular weight is 317 g/mol. The summed E-state index contributed by atoms with van der Waals surface area (Å²) in [5.74, 6) is -0.390. The van der Waals surface area contributed by atoms with Crippen LogP contribution in [0.4, 0.5) is 0 Å². The molecule has 0 aliphatic rings. The van der Waals surface area contributed by atoms with Gasteiger partial charge in [0.05, 0.1) is 19.7 Å². The lowest BCUT2D eigenvalue weighted by atomic mass is 10.3. The molecule has 0 aromatic carbocycles. The molecule has 1 radical (unpaired) electrons. The number of ether oxygens (including phenoxy) is 1. The van der Waals surface area contributed by atoms with Gasteiger partial charge in [0.1, 0.15) is 14.9 Å². The molecule has 2 heterocycles. The lowest BCUT2D eigenvalue weighted by Gasteiger charge is -1.98. The van der Waals surface area contributed by atoms with E-state index in [1.165, 1.54) is 24.6 Å². The Bertz CT molecular complexity index is 702. The predicted molar refractivity (Wildman–Crippen MR) is 70.9 cm³/mol. The first-order valence-electron chi connectivity index (χ1n) is 5.00. The van der Waals surface area contributed by atoms with Crippen LogP contribution in [0.2, 0.25) is 0 Å². The van der Waals surface area contributed by atoms with Crippen LogP contribution in [0.5, 0.6) is 0 Å². The SMILES string of the molecule is COC(=O)Cc1s[c]nc1-c1ncc(S(C)(=O)=O)s1. The fraction of sp³-hybridized carbons (Fsp3) is 0.300. The Morgan fingerprint density at radius 3 is 2.84 bits per heavy atom. The Kier molecular flexibility index (Phi) is 3.97. The molecule has 0 fully saturated rings. The number of aromatic nitrogens is 2. The lowest BCUT2D eigenvalue weighted by molar-refractivity contribution is -0.139. The number of carbonyl (C=O) groups is 1. The van der Waals surface area contributed by atoms with Crippen LogP contribution < -0.4 is 0 Å². The standard InChI is InChI=1S/C10H9N2O4S3/c1-16-7(13)3-6-9(12-5-17-6)10-11-4-8(18-10)19(2,14)15/h4H,3H2,1-2H3. The van der Waals surface area contributed by atoms with Crippen LogP contribution in [0.3, 0.4) is 0 Å². The summed E-state index contributed by atoms with van der Waals surface area (Å²) in [4.78, 5) is 19.9. The first-order chi connectivity index (χ1) is 8.91. The van der Waals surface area contributed by atoms with E-state index in [1.54, 1.807) is 0 Å². The molecule has 19 heavy (non-hydrogen) atoms. The number of methoxy groups -OCH3 is 1. The van der Waals surface area contributed by atoms with Crippen LogP contribution in [0.1, 0.15) is 4.88 Å². The maximum absolute atomic E-state index is 11.4. The fourth-order valence-electron chi connectivity index (χ4n) is 1.26. The summed E-state index contributed by atoms with van der Waals surface area (Å²) >= 11 is 2.20. The van der Waals surface area contributed by atoms with E-state index in [9.17, 15) is 13.2 Å². The molecule has 0 saturated heterocycles. The molecule has 0 aliphatic heterocycles. The predicted octanol–water partition coefficient (Wildman–Crippen LogP) is 1.19. The van der Waals surface area contributed by atoms with Gasteiger partial charge in [0.25, 0.3) is 0 Å². The Hall–Kier alpha value is -1.32. The Balaban J connectivity index is 2.35. The van der Waals surface area contributed by atoms with Crippen molar-refractivity contribution < 1.29 is 17.9 Å². The summed E-state index contributed by atoms with van der Waals surface area (Å²) in [6, 6.07) is 0. The van der Waals surface area contributed by atoms with Gasteiger partial charge in [-0.1, -0.05) is 0 Å². The Morgan fingerprint density at radius 1 is 1.53 bits per heavy atom. The maximum Gasteiger partial charge on any atom is 0.310 e. The number of nitrogens with zero attached hydrogens (tertiary/aromatic N) is 2. The van der Waals surface area contributed by atoms with Crippen molar-refractivity contribution in [3.8, 4) is 10.7 Å². The van der Waals surface area contributed by atoms with Crippen LogP contribution in [-0.4, -0.2) is 37.7 Å². The molecule has 0 N–H and O–H groups in total. The van der Waals surface area contributed by atoms with Crippen molar-refractivity contribution in [2.24, 2.45) is 0 Å². The van der Waals surface area contributed by atoms with Crippen molar-refractivity contribution >= 4 is 38.5 Å². The van der Waals surface area contributed by atoms with E-state index in [2.05, 4.69) is 20.2 Å². The second-order valence-electron chi connectivity index (χ2n) is 3.59. The average Bonchev–Trinajstić information content (AvgIpc) is 2.95. The first-order valence-corrected chi connectivity index (χ1v) is 8.53. The van der Waals surface area contributed by atoms with E-state index in [4.69, 9.17) is 0 Å². The molecule has 2 aromatic rings. The largest absolute Gasteiger partial charge is 0.469 e. The van der Waals surface area contributed by atoms with Gasteiger partial charge in [0.15, 0.2) is 15.3 Å². The van der Waals surface area contributed by atoms with Gasteiger partial charge in [-0.25, -0.2) is 18.4 Å². The molecule has 2 rings (SSSR count). The molecule has 0 saturated carbocycles. The number of thiazole rings is 2. The second-order valence-corrected chi connectivity index (χ2v) is 7.74. The Labute approximate surface area is 118 Å². The van der Waals surface area contributed by atoms with E-state index in [0.29, 0.717) is 15.6 Å². The van der Waals surface area contributed by atoms with Gasteiger partial charge in [-0.05, 0) is 0 Å². The molecule has 6 nitrogen and oxygen atoms in total. The van der Waals surface area contributed by atoms with Crippen LogP contribution in [0.25, 0.3) is 10.7 Å². The Morgan fingerprint density at radius 2 is 2.26 bits per heavy atom. The number of carbonyl (C=O) groups excluding carboxylic acids is 1. The summed E-state index contributed by atoms with van der Waals surface area (Å²) < 4.78 is 27.5. The zero-order valence-corrected chi connectivity index (χ0v) is 12.5. The molecule has 2 aromatic heterocycles. The van der Waals surface area contributed by atoms with Crippen LogP contribution in [0.15, 0.2) is 10.4 Å². The highest BCUT2D eigenvalue weighted by molar-refractivity contribution is 7.92. The first kappa shape index (κ1) is 14.1. The van der Waals surface area contributed by atoms with Gasteiger partial charge < -0.3 is 4.74 Å². The number of rotatable bonds is 4. The van der Waals surface area contributed by atoms with Crippen molar-refractivity contribution in [3.05, 3.63) is 16.6 Å². The van der Waals surface area contributed by atoms with E-state index < -0.39 is 15.8 Å². The highest BCUT2D eigenvalue weighted by Crippen LogP contribution is 2.31. The van der Waals surface area contributed by atoms with Crippen LogP contribution >= 0.6 is 22.7 Å². The molecular formula is C10H9N2O4S3. The maximum atomic E-state index is 11.4. The summed E-state index contributed by atoms with van der Waals surface area (Å²) in [5, 5.41) is 0.455. The topological polar surface area (TPSA) is 86.2 Å². The van der Waals surface area contributed by atoms with Crippen molar-refractivity contribution in [1.29, 1.82) is 0 Å². The molecule has 9 heteroatoms. The second kappa shape index (κ2) is 5.35. The third-order valence-electron chi connectivity index (χ3n) is 2.18. The van der Waals surface area contributed by atoms with Gasteiger partial charge in [0, 0.05) is 11.1 Å². The van der Waals surface area contributed by atoms with E-state index >= 15 is 0 Å². The van der Waals surface area contributed by atoms with Crippen molar-refractivity contribution in [2.75, 3.05) is 13.4 Å². The minimum absolute atomic E-state index is 0.0702. The number of sulfone groups is 1. The number of hydrogen-bond donors (Lipinski definition) is 0. The van der Waals surface area contributed by atoms with Gasteiger partial charge >= 0.3 is 5.97 Å². The van der Waals surface area contributed by atoms with E-state index in [-0.39, 0.29) is 10.6 Å². The van der Waals surface area contributed by atoms with Crippen LogP contribution in [0, 0.1) is 5.51 Å². The van der Waals surface area contributed by atoms with Crippen molar-refractivity contribution in [3.63, 3.8) is 0 Å². The molecule has 0 amide bonds. The summed E-state index contributed by atoms with van der Waals surface area (Å²) in [5.41, 5.74) is 3.16. The van der Waals surface area contributed by atoms with Gasteiger partial charge in [0.2, 0.25) is 0 Å². The summed E-state index contributed by atoms with van der Waals surface area (Å²) in [6.07, 6.45) is 2.48. The monoisotopic (exact) mass is 317 g/mol. The summed E-state index contributed by atoms with van der Waals surface area (Å²) in [7, 11) is -1.98. The van der Waals surface area contributed by atoms with Gasteiger partial charge in [-0.3, -0.25) is 4.79 Å². The molecule has 0 atom stereocenters. The van der Waals surface area contributed by atoms with Crippen molar-refractivity contribution in [1.82, 2.24) is 9.97 Å². The molecule has 0 bridgehead atoms. The number of esters is 1. The smallest absolute Gasteiger partial charge is 0.310 e.